The highest BCUT2D eigenvalue weighted by Crippen LogP contribution is 2.15. The average Bonchev–Trinajstić information content (AvgIpc) is 3.35. The molecule has 0 spiro atoms. The van der Waals surface area contributed by atoms with Gasteiger partial charge in [0.25, 0.3) is 0 Å². The topological polar surface area (TPSA) is 469 Å². The van der Waals surface area contributed by atoms with Crippen LogP contribution >= 0.6 is 0 Å². The molecule has 3 rings (SSSR count). The zero-order valence-electron chi connectivity index (χ0n) is 42.3. The Morgan fingerprint density at radius 1 is 0.494 bits per heavy atom. The van der Waals surface area contributed by atoms with Crippen LogP contribution in [0.4, 0.5) is 4.79 Å². The van der Waals surface area contributed by atoms with Gasteiger partial charge in [-0.25, -0.2) is 10.2 Å². The number of benzene rings is 2. The Hall–Kier alpha value is -8.57. The van der Waals surface area contributed by atoms with E-state index in [1.807, 2.05) is 16.0 Å². The summed E-state index contributed by atoms with van der Waals surface area (Å²) in [6, 6.07) is -4.65. The summed E-state index contributed by atoms with van der Waals surface area (Å²) in [6.45, 7) is 3.64. The molecule has 77 heavy (non-hydrogen) atoms. The summed E-state index contributed by atoms with van der Waals surface area (Å²) < 4.78 is 0. The maximum Gasteiger partial charge on any atom is 0.329 e. The smallest absolute Gasteiger partial charge is 0.329 e. The van der Waals surface area contributed by atoms with Gasteiger partial charge in [0.1, 0.15) is 48.0 Å². The van der Waals surface area contributed by atoms with Crippen molar-refractivity contribution in [3.63, 3.8) is 0 Å². The number of aromatic hydroxyl groups is 1. The molecular weight excluding hydrogens is 1020 g/mol. The molecule has 29 nitrogen and oxygen atoms in total. The number of hydrogen-bond acceptors (Lipinski definition) is 17. The van der Waals surface area contributed by atoms with Crippen LogP contribution in [-0.4, -0.2) is 170 Å². The quantitative estimate of drug-likeness (QED) is 0.0741. The number of aliphatic carboxylic acids is 2. The molecule has 1 heterocycles. The van der Waals surface area contributed by atoms with E-state index >= 15 is 0 Å². The number of carbonyl (C=O) groups is 13. The van der Waals surface area contributed by atoms with Gasteiger partial charge in [-0.2, -0.15) is 0 Å². The molecule has 0 aromatic heterocycles. The van der Waals surface area contributed by atoms with Gasteiger partial charge in [0.2, 0.25) is 58.8 Å². The number of urea groups is 1. The van der Waals surface area contributed by atoms with Crippen LogP contribution < -0.4 is 59.1 Å². The molecule has 29 heteroatoms. The Balaban J connectivity index is 2.21. The van der Waals surface area contributed by atoms with Gasteiger partial charge in [-0.1, -0.05) is 70.2 Å². The van der Waals surface area contributed by atoms with Crippen LogP contribution in [0.5, 0.6) is 5.75 Å². The van der Waals surface area contributed by atoms with Crippen LogP contribution in [0.2, 0.25) is 0 Å². The number of primary amides is 1. The number of phenols is 1. The van der Waals surface area contributed by atoms with E-state index in [1.54, 1.807) is 44.2 Å². The standard InChI is InChI=1S/C48H65N11O18/c1-22(2)14-27-39(68)40(69)38(23(3)4)57-44(73)29(17-35(49)63)51-46(75)33(20-60)55-47(76)34(21-61)54-43(72)31(19-37(66)67)53-42(71)30(18-36(64)65)52-41(70)28(15-24-8-6-5-7-9-24)50-45(74)32(58-59-48(77)56-27)16-25-10-12-26(62)13-11-25/h5-13,22-23,27-34,38,58,60-62H,14-21H2,1-4H3,(H2,49,63)(H,50,74)(H,51,75)(H,52,70)(H,53,71)(H,54,72)(H,55,76)(H,57,73)(H,64,65)(H,66,67)(H2,56,59,77)/t27-,28-,29?,30?,31-,32?,33-,34?,38-/m0/s1. The second-order valence-corrected chi connectivity index (χ2v) is 18.6. The van der Waals surface area contributed by atoms with Gasteiger partial charge >= 0.3 is 18.0 Å². The van der Waals surface area contributed by atoms with E-state index in [0.717, 1.165) is 0 Å². The van der Waals surface area contributed by atoms with Crippen molar-refractivity contribution in [2.45, 2.75) is 121 Å². The molecule has 2 aromatic carbocycles. The molecule has 0 saturated carbocycles. The second kappa shape index (κ2) is 30.1. The zero-order chi connectivity index (χ0) is 57.7. The van der Waals surface area contributed by atoms with Crippen LogP contribution in [0.1, 0.15) is 64.5 Å². The molecule has 9 atom stereocenters. The number of hydrazine groups is 1. The minimum atomic E-state index is -2.18. The third kappa shape index (κ3) is 20.6. The molecule has 1 fully saturated rings. The molecule has 0 radical (unpaired) electrons. The lowest BCUT2D eigenvalue weighted by atomic mass is 9.90. The van der Waals surface area contributed by atoms with Crippen molar-refractivity contribution in [2.75, 3.05) is 13.2 Å². The normalized spacial score (nSPS) is 24.4. The molecule has 1 aliphatic heterocycles. The van der Waals surface area contributed by atoms with E-state index in [4.69, 9.17) is 5.73 Å². The maximum atomic E-state index is 14.3. The Labute approximate surface area is 440 Å². The molecule has 1 aliphatic rings. The number of Topliss-reactive ketones (excluding diaryl/α,β-unsaturated/α-hetero) is 2. The summed E-state index contributed by atoms with van der Waals surface area (Å²) in [5.41, 5.74) is 10.9. The predicted molar refractivity (Wildman–Crippen MR) is 265 cm³/mol. The average molecular weight is 1080 g/mol. The van der Waals surface area contributed by atoms with Gasteiger partial charge in [0.05, 0.1) is 44.6 Å². The predicted octanol–water partition coefficient (Wildman–Crippen LogP) is -5.22. The van der Waals surface area contributed by atoms with E-state index in [2.05, 4.69) is 37.4 Å². The highest BCUT2D eigenvalue weighted by molar-refractivity contribution is 6.41. The number of nitrogens with one attached hydrogen (secondary N) is 10. The largest absolute Gasteiger partial charge is 0.508 e. The number of carboxylic acid groups (broad SMARTS) is 2. The number of ketones is 2. The Bertz CT molecular complexity index is 2490. The third-order valence-electron chi connectivity index (χ3n) is 11.5. The van der Waals surface area contributed by atoms with Crippen molar-refractivity contribution < 1.29 is 87.9 Å². The number of aliphatic hydroxyl groups is 2. The van der Waals surface area contributed by atoms with E-state index in [1.165, 1.54) is 38.1 Å². The van der Waals surface area contributed by atoms with E-state index in [0.29, 0.717) is 11.1 Å². The third-order valence-corrected chi connectivity index (χ3v) is 11.5. The van der Waals surface area contributed by atoms with Crippen molar-refractivity contribution in [3.8, 4) is 5.75 Å². The van der Waals surface area contributed by atoms with Gasteiger partial charge in [-0.15, -0.1) is 0 Å². The van der Waals surface area contributed by atoms with Crippen molar-refractivity contribution >= 4 is 76.8 Å². The first kappa shape index (κ1) is 62.7. The minimum Gasteiger partial charge on any atom is -0.508 e. The second-order valence-electron chi connectivity index (χ2n) is 18.6. The van der Waals surface area contributed by atoms with Crippen LogP contribution in [0.25, 0.3) is 0 Å². The number of amides is 10. The van der Waals surface area contributed by atoms with Gasteiger partial charge in [-0.3, -0.25) is 63.0 Å². The molecule has 2 aromatic rings. The zero-order valence-corrected chi connectivity index (χ0v) is 42.3. The Morgan fingerprint density at radius 3 is 1.35 bits per heavy atom. The van der Waals surface area contributed by atoms with Crippen LogP contribution in [0, 0.1) is 11.8 Å². The van der Waals surface area contributed by atoms with Gasteiger partial charge in [0.15, 0.2) is 0 Å². The van der Waals surface area contributed by atoms with Crippen molar-refractivity contribution in [1.29, 1.82) is 0 Å². The molecule has 17 N–H and O–H groups in total. The highest BCUT2D eigenvalue weighted by atomic mass is 16.4. The van der Waals surface area contributed by atoms with Crippen molar-refractivity contribution in [2.24, 2.45) is 17.6 Å². The summed E-state index contributed by atoms with van der Waals surface area (Å²) in [5.74, 6) is -17.7. The number of nitrogens with two attached hydrogens (primary N) is 1. The summed E-state index contributed by atoms with van der Waals surface area (Å²) in [4.78, 5) is 174. The van der Waals surface area contributed by atoms with Gasteiger partial charge in [-0.05, 0) is 47.9 Å². The lowest BCUT2D eigenvalue weighted by Crippen LogP contribution is -2.62. The molecule has 0 aliphatic carbocycles. The fourth-order valence-corrected chi connectivity index (χ4v) is 7.50. The van der Waals surface area contributed by atoms with Crippen LogP contribution in [-0.2, 0) is 70.4 Å². The van der Waals surface area contributed by atoms with Crippen LogP contribution in [0.3, 0.4) is 0 Å². The SMILES string of the molecule is CC(C)C[C@@H]1NC(=O)NNC(Cc2ccc(O)cc2)C(=O)N[C@@H](Cc2ccccc2)C(=O)NC(CC(=O)O)C(=O)N[C@@H](CC(=O)O)C(=O)NC(CO)C(=O)N[C@@H](CO)C(=O)NC(CC(N)=O)C(=O)N[C@@H](C(C)C)C(=O)C1=O. The first-order valence-electron chi connectivity index (χ1n) is 24.0. The van der Waals surface area contributed by atoms with E-state index < -0.39 is 170 Å². The molecule has 0 bridgehead atoms. The summed E-state index contributed by atoms with van der Waals surface area (Å²) >= 11 is 0. The number of rotatable bonds is 15. The molecule has 4 unspecified atom stereocenters. The number of phenolic OH excluding ortho intramolecular Hbond substituents is 1. The number of hydrogen-bond donors (Lipinski definition) is 16. The van der Waals surface area contributed by atoms with Crippen molar-refractivity contribution in [1.82, 2.24) is 53.4 Å². The lowest BCUT2D eigenvalue weighted by molar-refractivity contribution is -0.143. The first-order valence-corrected chi connectivity index (χ1v) is 24.0. The summed E-state index contributed by atoms with van der Waals surface area (Å²) in [5, 5.41) is 67.0. The Kier molecular flexibility index (Phi) is 24.5. The molecule has 10 amide bonds. The number of carbonyl (C=O) groups excluding carboxylic acids is 11. The number of aliphatic hydroxyl groups excluding tert-OH is 2. The number of carboxylic acids is 2. The molecule has 420 valence electrons. The monoisotopic (exact) mass is 1080 g/mol. The fourth-order valence-electron chi connectivity index (χ4n) is 7.50. The fraction of sp³-hybridized carbons (Fsp3) is 0.479. The van der Waals surface area contributed by atoms with E-state index in [-0.39, 0.29) is 30.9 Å². The van der Waals surface area contributed by atoms with E-state index in [9.17, 15) is 87.9 Å². The molecule has 1 saturated heterocycles. The van der Waals surface area contributed by atoms with Crippen molar-refractivity contribution in [3.05, 3.63) is 65.7 Å². The minimum absolute atomic E-state index is 0.149. The highest BCUT2D eigenvalue weighted by Gasteiger charge is 2.39. The van der Waals surface area contributed by atoms with Gasteiger partial charge < -0.3 is 73.8 Å². The lowest BCUT2D eigenvalue weighted by Gasteiger charge is -2.27. The van der Waals surface area contributed by atoms with Crippen LogP contribution in [0.15, 0.2) is 54.6 Å². The summed E-state index contributed by atoms with van der Waals surface area (Å²) in [6.07, 6.45) is -4.19. The first-order chi connectivity index (χ1) is 36.2. The maximum absolute atomic E-state index is 14.3. The van der Waals surface area contributed by atoms with Gasteiger partial charge in [0, 0.05) is 6.42 Å². The molecular formula is C48H65N11O18. The summed E-state index contributed by atoms with van der Waals surface area (Å²) in [7, 11) is 0. The Morgan fingerprint density at radius 2 is 0.896 bits per heavy atom.